The van der Waals surface area contributed by atoms with Crippen molar-refractivity contribution in [1.29, 1.82) is 0 Å². The van der Waals surface area contributed by atoms with E-state index >= 15 is 0 Å². The number of carbonyl (C=O) groups is 2. The van der Waals surface area contributed by atoms with Crippen molar-refractivity contribution in [3.8, 4) is 0 Å². The largest absolute Gasteiger partial charge is 0.469 e. The van der Waals surface area contributed by atoms with Gasteiger partial charge in [-0.05, 0) is 42.2 Å². The highest BCUT2D eigenvalue weighted by Gasteiger charge is 2.10. The minimum Gasteiger partial charge on any atom is -0.469 e. The maximum Gasteiger partial charge on any atom is 0.411 e. The first kappa shape index (κ1) is 19.9. The van der Waals surface area contributed by atoms with E-state index in [4.69, 9.17) is 4.74 Å². The van der Waals surface area contributed by atoms with Gasteiger partial charge in [0, 0.05) is 24.2 Å². The molecule has 0 saturated carbocycles. The Morgan fingerprint density at radius 1 is 1.30 bits per heavy atom. The van der Waals surface area contributed by atoms with Crippen LogP contribution in [-0.4, -0.2) is 24.1 Å². The van der Waals surface area contributed by atoms with Crippen LogP contribution in [0.1, 0.15) is 23.1 Å². The predicted octanol–water partition coefficient (Wildman–Crippen LogP) is 3.76. The number of amides is 1. The number of ether oxygens (including phenoxy) is 2. The monoisotopic (exact) mass is 372 g/mol. The molecule has 1 amide bonds. The average Bonchev–Trinajstić information content (AvgIpc) is 2.78. The molecule has 0 radical (unpaired) electrons. The van der Waals surface area contributed by atoms with E-state index in [1.54, 1.807) is 6.07 Å². The molecule has 0 unspecified atom stereocenters. The number of hydrogen-bond acceptors (Lipinski definition) is 6. The molecule has 0 atom stereocenters. The van der Waals surface area contributed by atoms with Crippen LogP contribution in [0.2, 0.25) is 0 Å². The van der Waals surface area contributed by atoms with Crippen LogP contribution in [0, 0.1) is 17.0 Å². The molecule has 8 heteroatoms. The first-order chi connectivity index (χ1) is 12.9. The summed E-state index contributed by atoms with van der Waals surface area (Å²) in [5.74, 6) is -0.314. The first-order valence-corrected chi connectivity index (χ1v) is 8.22. The highest BCUT2D eigenvalue weighted by atomic mass is 16.6. The number of esters is 1. The number of methoxy groups -OCH3 is 1. The zero-order chi connectivity index (χ0) is 19.8. The van der Waals surface area contributed by atoms with Crippen LogP contribution in [0.15, 0.2) is 42.5 Å². The fraction of sp³-hybridized carbons (Fsp3) is 0.263. The van der Waals surface area contributed by atoms with Crippen molar-refractivity contribution in [2.45, 2.75) is 26.4 Å². The van der Waals surface area contributed by atoms with Crippen LogP contribution in [0.25, 0.3) is 0 Å². The highest BCUT2D eigenvalue weighted by molar-refractivity contribution is 5.85. The summed E-state index contributed by atoms with van der Waals surface area (Å²) in [5.41, 5.74) is 3.60. The van der Waals surface area contributed by atoms with Crippen LogP contribution in [0.4, 0.5) is 16.2 Å². The molecule has 27 heavy (non-hydrogen) atoms. The molecule has 0 saturated heterocycles. The standard InChI is InChI=1S/C11H13NO4.C8H7NO2/c1-8-3-5-10(12(14)15)7-9(8)4-6-11(13)16-2;10-8-9-7-3-1-2-6(4-7)5-11-8/h3,5,7H,4,6H2,1-2H3;1-4H,5H2,(H,9,10). The van der Waals surface area contributed by atoms with Crippen molar-refractivity contribution < 1.29 is 24.0 Å². The molecule has 2 bridgehead atoms. The number of nitrogens with zero attached hydrogens (tertiary/aromatic N) is 1. The van der Waals surface area contributed by atoms with E-state index in [2.05, 4.69) is 10.1 Å². The lowest BCUT2D eigenvalue weighted by Gasteiger charge is -2.04. The van der Waals surface area contributed by atoms with Crippen molar-refractivity contribution in [2.24, 2.45) is 0 Å². The number of non-ortho nitro benzene ring substituents is 1. The molecule has 142 valence electrons. The number of nitrogens with one attached hydrogen (secondary N) is 1. The van der Waals surface area contributed by atoms with E-state index in [9.17, 15) is 19.7 Å². The number of nitro groups is 1. The minimum absolute atomic E-state index is 0.0467. The third-order valence-electron chi connectivity index (χ3n) is 3.91. The maximum atomic E-state index is 11.0. The summed E-state index contributed by atoms with van der Waals surface area (Å²) in [5, 5.41) is 13.2. The van der Waals surface area contributed by atoms with Crippen LogP contribution >= 0.6 is 0 Å². The topological polar surface area (TPSA) is 108 Å². The molecule has 1 aliphatic rings. The molecule has 3 rings (SSSR count). The van der Waals surface area contributed by atoms with E-state index < -0.39 is 4.92 Å². The summed E-state index contributed by atoms with van der Waals surface area (Å²) >= 11 is 0. The second-order valence-corrected chi connectivity index (χ2v) is 5.85. The molecule has 0 spiro atoms. The number of benzene rings is 2. The lowest BCUT2D eigenvalue weighted by atomic mass is 10.0. The quantitative estimate of drug-likeness (QED) is 0.497. The number of nitro benzene ring substituents is 1. The lowest BCUT2D eigenvalue weighted by molar-refractivity contribution is -0.384. The van der Waals surface area contributed by atoms with Gasteiger partial charge in [-0.25, -0.2) is 4.79 Å². The van der Waals surface area contributed by atoms with Crippen LogP contribution < -0.4 is 5.32 Å². The van der Waals surface area contributed by atoms with Gasteiger partial charge in [0.1, 0.15) is 6.61 Å². The van der Waals surface area contributed by atoms with Gasteiger partial charge >= 0.3 is 12.1 Å². The van der Waals surface area contributed by atoms with E-state index in [1.807, 2.05) is 31.2 Å². The molecule has 2 aromatic rings. The second kappa shape index (κ2) is 9.33. The summed E-state index contributed by atoms with van der Waals surface area (Å²) in [6.45, 7) is 2.22. The van der Waals surface area contributed by atoms with Gasteiger partial charge in [-0.15, -0.1) is 0 Å². The minimum atomic E-state index is -0.443. The smallest absolute Gasteiger partial charge is 0.411 e. The summed E-state index contributed by atoms with van der Waals surface area (Å²) in [7, 11) is 1.32. The van der Waals surface area contributed by atoms with E-state index in [-0.39, 0.29) is 24.2 Å². The lowest BCUT2D eigenvalue weighted by Crippen LogP contribution is -2.09. The van der Waals surface area contributed by atoms with Crippen LogP contribution in [0.3, 0.4) is 0 Å². The fourth-order valence-corrected chi connectivity index (χ4v) is 2.42. The van der Waals surface area contributed by atoms with Gasteiger partial charge < -0.3 is 9.47 Å². The van der Waals surface area contributed by atoms with Gasteiger partial charge in [0.2, 0.25) is 0 Å². The van der Waals surface area contributed by atoms with Gasteiger partial charge in [-0.3, -0.25) is 20.2 Å². The van der Waals surface area contributed by atoms with Crippen LogP contribution in [0.5, 0.6) is 0 Å². The van der Waals surface area contributed by atoms with Gasteiger partial charge in [0.05, 0.1) is 12.0 Å². The third-order valence-corrected chi connectivity index (χ3v) is 3.91. The molecule has 8 nitrogen and oxygen atoms in total. The molecular weight excluding hydrogens is 352 g/mol. The van der Waals surface area contributed by atoms with Crippen molar-refractivity contribution in [2.75, 3.05) is 12.4 Å². The number of rotatable bonds is 4. The van der Waals surface area contributed by atoms with Gasteiger partial charge in [-0.2, -0.15) is 0 Å². The molecule has 1 heterocycles. The Morgan fingerprint density at radius 2 is 2.07 bits per heavy atom. The van der Waals surface area contributed by atoms with Crippen molar-refractivity contribution in [3.63, 3.8) is 0 Å². The van der Waals surface area contributed by atoms with Gasteiger partial charge in [0.25, 0.3) is 5.69 Å². The maximum absolute atomic E-state index is 11.0. The van der Waals surface area contributed by atoms with E-state index in [0.29, 0.717) is 13.0 Å². The SMILES string of the molecule is COC(=O)CCc1cc([N+](=O)[O-])ccc1C.O=C1Nc2cccc(c2)CO1. The Balaban J connectivity index is 0.000000206. The number of hydrogen-bond donors (Lipinski definition) is 1. The zero-order valence-electron chi connectivity index (χ0n) is 15.1. The first-order valence-electron chi connectivity index (χ1n) is 8.22. The Bertz CT molecular complexity index is 850. The molecule has 1 aliphatic heterocycles. The van der Waals surface area contributed by atoms with E-state index in [0.717, 1.165) is 22.4 Å². The number of cyclic esters (lactones) is 1. The Morgan fingerprint density at radius 3 is 2.78 bits per heavy atom. The molecule has 2 aromatic carbocycles. The van der Waals surface area contributed by atoms with Crippen LogP contribution in [-0.2, 0) is 27.3 Å². The summed E-state index contributed by atoms with van der Waals surface area (Å²) in [4.78, 5) is 31.9. The summed E-state index contributed by atoms with van der Waals surface area (Å²) in [6, 6.07) is 12.2. The fourth-order valence-electron chi connectivity index (χ4n) is 2.42. The Labute approximate surface area is 156 Å². The number of anilines is 1. The summed E-state index contributed by atoms with van der Waals surface area (Å²) < 4.78 is 9.32. The molecule has 0 aliphatic carbocycles. The summed E-state index contributed by atoms with van der Waals surface area (Å²) in [6.07, 6.45) is 0.310. The molecule has 1 N–H and O–H groups in total. The van der Waals surface area contributed by atoms with Gasteiger partial charge in [-0.1, -0.05) is 18.2 Å². The molecule has 0 aromatic heterocycles. The Hall–Kier alpha value is -3.42. The molecular formula is C19H20N2O6. The number of fused-ring (bicyclic) bond motifs is 2. The highest BCUT2D eigenvalue weighted by Crippen LogP contribution is 2.18. The predicted molar refractivity (Wildman–Crippen MR) is 98.4 cm³/mol. The number of carbonyl (C=O) groups excluding carboxylic acids is 2. The van der Waals surface area contributed by atoms with Crippen molar-refractivity contribution >= 4 is 23.4 Å². The van der Waals surface area contributed by atoms with Crippen molar-refractivity contribution in [1.82, 2.24) is 0 Å². The number of aryl methyl sites for hydroxylation is 2. The zero-order valence-corrected chi connectivity index (χ0v) is 15.1. The second-order valence-electron chi connectivity index (χ2n) is 5.85. The van der Waals surface area contributed by atoms with Crippen molar-refractivity contribution in [3.05, 3.63) is 69.3 Å². The van der Waals surface area contributed by atoms with E-state index in [1.165, 1.54) is 19.2 Å². The normalized spacial score (nSPS) is 11.9. The van der Waals surface area contributed by atoms with Gasteiger partial charge in [0.15, 0.2) is 0 Å². The molecule has 0 fully saturated rings. The average molecular weight is 372 g/mol. The Kier molecular flexibility index (Phi) is 6.87. The third kappa shape index (κ3) is 6.10.